The van der Waals surface area contributed by atoms with Crippen LogP contribution in [-0.4, -0.2) is 25.7 Å². The van der Waals surface area contributed by atoms with Gasteiger partial charge in [0.1, 0.15) is 0 Å². The van der Waals surface area contributed by atoms with Gasteiger partial charge >= 0.3 is 0 Å². The summed E-state index contributed by atoms with van der Waals surface area (Å²) in [4.78, 5) is 0. The van der Waals surface area contributed by atoms with Gasteiger partial charge in [0, 0.05) is 6.04 Å². The Labute approximate surface area is 99.6 Å². The zero-order valence-electron chi connectivity index (χ0n) is 10.4. The topological polar surface area (TPSA) is 24.1 Å². The van der Waals surface area contributed by atoms with E-state index in [0.29, 0.717) is 0 Å². The van der Waals surface area contributed by atoms with Crippen LogP contribution in [-0.2, 0) is 0 Å². The Kier molecular flexibility index (Phi) is 3.21. The summed E-state index contributed by atoms with van der Waals surface area (Å²) in [7, 11) is 0. The molecule has 1 atom stereocenters. The molecule has 2 nitrogen and oxygen atoms in total. The highest BCUT2D eigenvalue weighted by molar-refractivity contribution is 5.05. The summed E-state index contributed by atoms with van der Waals surface area (Å²) in [6.45, 7) is 3.84. The van der Waals surface area contributed by atoms with E-state index in [4.69, 9.17) is 0 Å². The van der Waals surface area contributed by atoms with Crippen LogP contribution in [0.1, 0.15) is 51.4 Å². The standard InChI is InChI=1S/C14H26N2/c1-2-4-13(5-3-1)16-11-12-10-14(12)6-8-15-9-7-14/h12-13,15-16H,1-11H2. The minimum Gasteiger partial charge on any atom is -0.317 e. The fraction of sp³-hybridized carbons (Fsp3) is 1.00. The molecule has 3 aliphatic rings. The molecule has 2 N–H and O–H groups in total. The SMILES string of the molecule is C1CCC(NCC2CC23CCNCC3)CC1. The highest BCUT2D eigenvalue weighted by Gasteiger charge is 2.53. The van der Waals surface area contributed by atoms with Gasteiger partial charge in [-0.2, -0.15) is 0 Å². The van der Waals surface area contributed by atoms with E-state index in [9.17, 15) is 0 Å². The lowest BCUT2D eigenvalue weighted by atomic mass is 9.91. The lowest BCUT2D eigenvalue weighted by Crippen LogP contribution is -2.35. The van der Waals surface area contributed by atoms with E-state index in [1.165, 1.54) is 71.0 Å². The molecule has 0 aromatic carbocycles. The minimum absolute atomic E-state index is 0.771. The summed E-state index contributed by atoms with van der Waals surface area (Å²) in [5.41, 5.74) is 0.771. The number of hydrogen-bond donors (Lipinski definition) is 2. The van der Waals surface area contributed by atoms with Crippen molar-refractivity contribution in [1.82, 2.24) is 10.6 Å². The lowest BCUT2D eigenvalue weighted by Gasteiger charge is -2.26. The molecule has 0 bridgehead atoms. The van der Waals surface area contributed by atoms with Gasteiger partial charge in [-0.05, 0) is 63.1 Å². The molecule has 3 rings (SSSR count). The molecule has 0 radical (unpaired) electrons. The van der Waals surface area contributed by atoms with Crippen LogP contribution >= 0.6 is 0 Å². The molecule has 2 aliphatic carbocycles. The Hall–Kier alpha value is -0.0800. The van der Waals surface area contributed by atoms with Crippen molar-refractivity contribution in [3.8, 4) is 0 Å². The molecule has 1 saturated heterocycles. The molecule has 1 spiro atoms. The van der Waals surface area contributed by atoms with Gasteiger partial charge in [0.05, 0.1) is 0 Å². The largest absolute Gasteiger partial charge is 0.317 e. The molecule has 0 aromatic heterocycles. The Morgan fingerprint density at radius 3 is 2.56 bits per heavy atom. The monoisotopic (exact) mass is 222 g/mol. The molecule has 16 heavy (non-hydrogen) atoms. The second-order valence-electron chi connectivity index (χ2n) is 6.26. The van der Waals surface area contributed by atoms with Crippen LogP contribution in [0.3, 0.4) is 0 Å². The first kappa shape index (κ1) is 11.0. The molecule has 1 aliphatic heterocycles. The fourth-order valence-corrected chi connectivity index (χ4v) is 3.87. The third kappa shape index (κ3) is 2.28. The quantitative estimate of drug-likeness (QED) is 0.765. The summed E-state index contributed by atoms with van der Waals surface area (Å²) >= 11 is 0. The van der Waals surface area contributed by atoms with Gasteiger partial charge in [-0.25, -0.2) is 0 Å². The maximum absolute atomic E-state index is 3.83. The van der Waals surface area contributed by atoms with Crippen molar-refractivity contribution < 1.29 is 0 Å². The average Bonchev–Trinajstić information content (AvgIpc) is 3.01. The average molecular weight is 222 g/mol. The van der Waals surface area contributed by atoms with Gasteiger partial charge in [0.15, 0.2) is 0 Å². The van der Waals surface area contributed by atoms with Gasteiger partial charge in [0.25, 0.3) is 0 Å². The van der Waals surface area contributed by atoms with E-state index in [-0.39, 0.29) is 0 Å². The van der Waals surface area contributed by atoms with E-state index in [0.717, 1.165) is 17.4 Å². The highest BCUT2D eigenvalue weighted by Crippen LogP contribution is 2.58. The molecule has 0 aromatic rings. The van der Waals surface area contributed by atoms with Gasteiger partial charge in [-0.3, -0.25) is 0 Å². The van der Waals surface area contributed by atoms with Gasteiger partial charge < -0.3 is 10.6 Å². The van der Waals surface area contributed by atoms with E-state index in [1.807, 2.05) is 0 Å². The van der Waals surface area contributed by atoms with Crippen molar-refractivity contribution in [2.24, 2.45) is 11.3 Å². The maximum atomic E-state index is 3.83. The molecule has 0 amide bonds. The van der Waals surface area contributed by atoms with Gasteiger partial charge in [-0.1, -0.05) is 19.3 Å². The second-order valence-corrected chi connectivity index (χ2v) is 6.26. The summed E-state index contributed by atoms with van der Waals surface area (Å²) in [6, 6.07) is 0.855. The number of rotatable bonds is 3. The molecule has 92 valence electrons. The zero-order chi connectivity index (χ0) is 10.8. The molecule has 2 saturated carbocycles. The normalized spacial score (nSPS) is 34.1. The summed E-state index contributed by atoms with van der Waals surface area (Å²) in [5, 5.41) is 7.32. The fourth-order valence-electron chi connectivity index (χ4n) is 3.87. The Morgan fingerprint density at radius 1 is 1.06 bits per heavy atom. The molecular weight excluding hydrogens is 196 g/mol. The van der Waals surface area contributed by atoms with Crippen LogP contribution in [0.25, 0.3) is 0 Å². The first-order valence-electron chi connectivity index (χ1n) is 7.33. The number of nitrogens with one attached hydrogen (secondary N) is 2. The third-order valence-corrected chi connectivity index (χ3v) is 5.22. The van der Waals surface area contributed by atoms with Crippen molar-refractivity contribution in [1.29, 1.82) is 0 Å². The van der Waals surface area contributed by atoms with Crippen LogP contribution in [0.4, 0.5) is 0 Å². The summed E-state index contributed by atoms with van der Waals surface area (Å²) in [5.74, 6) is 1.01. The van der Waals surface area contributed by atoms with Crippen molar-refractivity contribution in [3.63, 3.8) is 0 Å². The first-order valence-corrected chi connectivity index (χ1v) is 7.33. The Balaban J connectivity index is 1.40. The molecular formula is C14H26N2. The maximum Gasteiger partial charge on any atom is 0.00671 e. The van der Waals surface area contributed by atoms with Crippen molar-refractivity contribution in [2.75, 3.05) is 19.6 Å². The predicted octanol–water partition coefficient (Wildman–Crippen LogP) is 2.30. The number of piperidine rings is 1. The van der Waals surface area contributed by atoms with E-state index in [1.54, 1.807) is 0 Å². The Bertz CT molecular complexity index is 227. The molecule has 2 heteroatoms. The van der Waals surface area contributed by atoms with Crippen molar-refractivity contribution in [3.05, 3.63) is 0 Å². The van der Waals surface area contributed by atoms with Crippen LogP contribution in [0, 0.1) is 11.3 Å². The minimum atomic E-state index is 0.771. The van der Waals surface area contributed by atoms with E-state index < -0.39 is 0 Å². The second kappa shape index (κ2) is 4.66. The molecule has 1 heterocycles. The molecule has 3 fully saturated rings. The van der Waals surface area contributed by atoms with Crippen LogP contribution in [0.5, 0.6) is 0 Å². The van der Waals surface area contributed by atoms with Gasteiger partial charge in [-0.15, -0.1) is 0 Å². The molecule has 1 unspecified atom stereocenters. The third-order valence-electron chi connectivity index (χ3n) is 5.22. The summed E-state index contributed by atoms with van der Waals surface area (Å²) in [6.07, 6.45) is 11.6. The van der Waals surface area contributed by atoms with Gasteiger partial charge in [0.2, 0.25) is 0 Å². The zero-order valence-corrected chi connectivity index (χ0v) is 10.4. The summed E-state index contributed by atoms with van der Waals surface area (Å²) < 4.78 is 0. The van der Waals surface area contributed by atoms with Crippen molar-refractivity contribution in [2.45, 2.75) is 57.4 Å². The number of hydrogen-bond acceptors (Lipinski definition) is 2. The first-order chi connectivity index (χ1) is 7.89. The van der Waals surface area contributed by atoms with E-state index >= 15 is 0 Å². The predicted molar refractivity (Wildman–Crippen MR) is 67.5 cm³/mol. The van der Waals surface area contributed by atoms with Crippen LogP contribution in [0.2, 0.25) is 0 Å². The van der Waals surface area contributed by atoms with Crippen molar-refractivity contribution >= 4 is 0 Å². The van der Waals surface area contributed by atoms with Crippen LogP contribution in [0.15, 0.2) is 0 Å². The Morgan fingerprint density at radius 2 is 1.81 bits per heavy atom. The highest BCUT2D eigenvalue weighted by atomic mass is 14.9. The lowest BCUT2D eigenvalue weighted by molar-refractivity contribution is 0.304. The smallest absolute Gasteiger partial charge is 0.00671 e. The van der Waals surface area contributed by atoms with Crippen LogP contribution < -0.4 is 10.6 Å². The van der Waals surface area contributed by atoms with E-state index in [2.05, 4.69) is 10.6 Å².